The molecule has 1 saturated carbocycles. The molecule has 0 heterocycles. The van der Waals surface area contributed by atoms with Gasteiger partial charge in [-0.2, -0.15) is 0 Å². The topological polar surface area (TPSA) is 49.4 Å². The van der Waals surface area contributed by atoms with E-state index in [-0.39, 0.29) is 23.7 Å². The number of hydrogen-bond acceptors (Lipinski definition) is 2. The van der Waals surface area contributed by atoms with E-state index in [2.05, 4.69) is 5.32 Å². The van der Waals surface area contributed by atoms with Gasteiger partial charge in [0.15, 0.2) is 0 Å². The molecule has 1 atom stereocenters. The van der Waals surface area contributed by atoms with Crippen molar-refractivity contribution in [2.45, 2.75) is 71.0 Å². The summed E-state index contributed by atoms with van der Waals surface area (Å²) in [6.45, 7) is 3.85. The summed E-state index contributed by atoms with van der Waals surface area (Å²) in [5.41, 5.74) is 0.815. The Morgan fingerprint density at radius 1 is 1.21 bits per heavy atom. The number of nitrogens with zero attached hydrogens (tertiary/aromatic N) is 1. The number of rotatable bonds is 6. The second-order valence-corrected chi connectivity index (χ2v) is 6.52. The van der Waals surface area contributed by atoms with E-state index in [0.29, 0.717) is 13.0 Å². The Morgan fingerprint density at radius 3 is 2.42 bits per heavy atom. The molecule has 4 nitrogen and oxygen atoms in total. The van der Waals surface area contributed by atoms with E-state index in [1.807, 2.05) is 0 Å². The highest BCUT2D eigenvalue weighted by atomic mass is 19.1. The molecule has 24 heavy (non-hydrogen) atoms. The summed E-state index contributed by atoms with van der Waals surface area (Å²) in [6.07, 6.45) is 5.88. The Bertz CT molecular complexity index is 553. The van der Waals surface area contributed by atoms with Crippen LogP contribution in [0.25, 0.3) is 0 Å². The van der Waals surface area contributed by atoms with Crippen LogP contribution < -0.4 is 5.32 Å². The summed E-state index contributed by atoms with van der Waals surface area (Å²) >= 11 is 0. The molecule has 0 saturated heterocycles. The highest BCUT2D eigenvalue weighted by molar-refractivity contribution is 5.87. The van der Waals surface area contributed by atoms with Gasteiger partial charge in [0.2, 0.25) is 11.8 Å². The average molecular weight is 334 g/mol. The van der Waals surface area contributed by atoms with Crippen LogP contribution in [0, 0.1) is 5.82 Å². The number of nitrogens with one attached hydrogen (secondary N) is 1. The average Bonchev–Trinajstić information content (AvgIpc) is 2.61. The Labute approximate surface area is 143 Å². The lowest BCUT2D eigenvalue weighted by atomic mass is 9.95. The molecule has 0 unspecified atom stereocenters. The van der Waals surface area contributed by atoms with Crippen molar-refractivity contribution in [3.63, 3.8) is 0 Å². The van der Waals surface area contributed by atoms with Crippen molar-refractivity contribution in [1.29, 1.82) is 0 Å². The third-order valence-corrected chi connectivity index (χ3v) is 4.69. The Hall–Kier alpha value is -1.91. The maximum Gasteiger partial charge on any atom is 0.242 e. The first-order chi connectivity index (χ1) is 11.5. The van der Waals surface area contributed by atoms with Crippen LogP contribution in [0.1, 0.15) is 57.9 Å². The largest absolute Gasteiger partial charge is 0.352 e. The van der Waals surface area contributed by atoms with E-state index in [1.54, 1.807) is 30.9 Å². The first kappa shape index (κ1) is 18.4. The van der Waals surface area contributed by atoms with Gasteiger partial charge >= 0.3 is 0 Å². The third-order valence-electron chi connectivity index (χ3n) is 4.69. The maximum atomic E-state index is 13.1. The molecule has 0 aliphatic heterocycles. The van der Waals surface area contributed by atoms with Crippen LogP contribution >= 0.6 is 0 Å². The lowest BCUT2D eigenvalue weighted by Gasteiger charge is -2.31. The molecule has 1 aliphatic rings. The van der Waals surface area contributed by atoms with E-state index in [9.17, 15) is 14.0 Å². The summed E-state index contributed by atoms with van der Waals surface area (Å²) in [7, 11) is 0. The quantitative estimate of drug-likeness (QED) is 0.867. The van der Waals surface area contributed by atoms with Gasteiger partial charge in [-0.15, -0.1) is 0 Å². The lowest BCUT2D eigenvalue weighted by molar-refractivity contribution is -0.140. The van der Waals surface area contributed by atoms with Crippen LogP contribution in [-0.2, 0) is 16.1 Å². The first-order valence-corrected chi connectivity index (χ1v) is 8.85. The zero-order valence-corrected chi connectivity index (χ0v) is 14.6. The van der Waals surface area contributed by atoms with Crippen molar-refractivity contribution in [2.24, 2.45) is 0 Å². The predicted octanol–water partition coefficient (Wildman–Crippen LogP) is 3.40. The van der Waals surface area contributed by atoms with Gasteiger partial charge in [0, 0.05) is 19.0 Å². The summed E-state index contributed by atoms with van der Waals surface area (Å²) in [5.74, 6) is -0.494. The first-order valence-electron chi connectivity index (χ1n) is 8.85. The number of carbonyl (C=O) groups excluding carboxylic acids is 2. The van der Waals surface area contributed by atoms with Crippen molar-refractivity contribution in [1.82, 2.24) is 10.2 Å². The highest BCUT2D eigenvalue weighted by Crippen LogP contribution is 2.18. The Morgan fingerprint density at radius 2 is 1.83 bits per heavy atom. The van der Waals surface area contributed by atoms with Crippen LogP contribution in [0.5, 0.6) is 0 Å². The van der Waals surface area contributed by atoms with Crippen molar-refractivity contribution in [3.8, 4) is 0 Å². The minimum Gasteiger partial charge on any atom is -0.352 e. The number of carbonyl (C=O) groups is 2. The molecule has 5 heteroatoms. The number of amides is 2. The molecule has 0 spiro atoms. The van der Waals surface area contributed by atoms with Gasteiger partial charge in [-0.05, 0) is 37.5 Å². The number of halogens is 1. The summed E-state index contributed by atoms with van der Waals surface area (Å²) < 4.78 is 13.1. The van der Waals surface area contributed by atoms with Crippen molar-refractivity contribution in [2.75, 3.05) is 0 Å². The van der Waals surface area contributed by atoms with E-state index in [0.717, 1.165) is 31.2 Å². The van der Waals surface area contributed by atoms with Gasteiger partial charge in [-0.3, -0.25) is 9.59 Å². The van der Waals surface area contributed by atoms with Crippen molar-refractivity contribution in [3.05, 3.63) is 35.6 Å². The van der Waals surface area contributed by atoms with Crippen LogP contribution in [0.15, 0.2) is 24.3 Å². The monoisotopic (exact) mass is 334 g/mol. The molecule has 1 aromatic carbocycles. The lowest BCUT2D eigenvalue weighted by Crippen LogP contribution is -2.50. The zero-order valence-electron chi connectivity index (χ0n) is 14.6. The second kappa shape index (κ2) is 8.81. The van der Waals surface area contributed by atoms with E-state index < -0.39 is 6.04 Å². The minimum absolute atomic E-state index is 0.0781. The normalized spacial score (nSPS) is 16.5. The van der Waals surface area contributed by atoms with Crippen LogP contribution in [0.2, 0.25) is 0 Å². The van der Waals surface area contributed by atoms with Crippen molar-refractivity contribution >= 4 is 11.8 Å². The molecule has 1 aromatic rings. The molecule has 1 fully saturated rings. The van der Waals surface area contributed by atoms with Gasteiger partial charge in [0.05, 0.1) is 0 Å². The second-order valence-electron chi connectivity index (χ2n) is 6.52. The summed E-state index contributed by atoms with van der Waals surface area (Å²) in [4.78, 5) is 26.4. The molecule has 2 rings (SSSR count). The molecule has 2 amide bonds. The van der Waals surface area contributed by atoms with Crippen LogP contribution in [0.3, 0.4) is 0 Å². The minimum atomic E-state index is -0.538. The fourth-order valence-corrected chi connectivity index (χ4v) is 3.14. The van der Waals surface area contributed by atoms with E-state index >= 15 is 0 Å². The molecule has 0 aromatic heterocycles. The fourth-order valence-electron chi connectivity index (χ4n) is 3.14. The summed E-state index contributed by atoms with van der Waals surface area (Å²) in [6, 6.07) is 5.73. The molecule has 0 bridgehead atoms. The molecular weight excluding hydrogens is 307 g/mol. The van der Waals surface area contributed by atoms with E-state index in [1.165, 1.54) is 18.6 Å². The molecule has 0 radical (unpaired) electrons. The van der Waals surface area contributed by atoms with Gasteiger partial charge in [-0.1, -0.05) is 38.3 Å². The molecule has 1 N–H and O–H groups in total. The molecule has 132 valence electrons. The third kappa shape index (κ3) is 5.05. The number of benzene rings is 1. The standard InChI is InChI=1S/C19H27FN2O2/c1-3-18(23)22(13-15-9-11-16(20)12-10-15)14(2)19(24)21-17-7-5-4-6-8-17/h9-12,14,17H,3-8,13H2,1-2H3,(H,21,24)/t14-/m1/s1. The van der Waals surface area contributed by atoms with Crippen LogP contribution in [-0.4, -0.2) is 28.8 Å². The highest BCUT2D eigenvalue weighted by Gasteiger charge is 2.27. The predicted molar refractivity (Wildman–Crippen MR) is 91.7 cm³/mol. The van der Waals surface area contributed by atoms with Crippen molar-refractivity contribution < 1.29 is 14.0 Å². The van der Waals surface area contributed by atoms with Crippen LogP contribution in [0.4, 0.5) is 4.39 Å². The maximum absolute atomic E-state index is 13.1. The zero-order chi connectivity index (χ0) is 17.5. The molecular formula is C19H27FN2O2. The van der Waals surface area contributed by atoms with Gasteiger partial charge in [0.1, 0.15) is 11.9 Å². The van der Waals surface area contributed by atoms with Gasteiger partial charge < -0.3 is 10.2 Å². The Balaban J connectivity index is 2.03. The number of hydrogen-bond donors (Lipinski definition) is 1. The van der Waals surface area contributed by atoms with Gasteiger partial charge in [-0.25, -0.2) is 4.39 Å². The van der Waals surface area contributed by atoms with Gasteiger partial charge in [0.25, 0.3) is 0 Å². The fraction of sp³-hybridized carbons (Fsp3) is 0.579. The van der Waals surface area contributed by atoms with E-state index in [4.69, 9.17) is 0 Å². The Kier molecular flexibility index (Phi) is 6.76. The summed E-state index contributed by atoms with van der Waals surface area (Å²) in [5, 5.41) is 3.08. The SMILES string of the molecule is CCC(=O)N(Cc1ccc(F)cc1)[C@H](C)C(=O)NC1CCCCC1. The molecule has 1 aliphatic carbocycles. The smallest absolute Gasteiger partial charge is 0.242 e.